The second-order valence-corrected chi connectivity index (χ2v) is 5.86. The predicted molar refractivity (Wildman–Crippen MR) is 88.5 cm³/mol. The molecule has 2 aromatic heterocycles. The summed E-state index contributed by atoms with van der Waals surface area (Å²) in [5.41, 5.74) is 1.95. The summed E-state index contributed by atoms with van der Waals surface area (Å²) in [5.74, 6) is 1.57. The lowest BCUT2D eigenvalue weighted by molar-refractivity contribution is 0.120. The van der Waals surface area contributed by atoms with Gasteiger partial charge in [0.15, 0.2) is 0 Å². The third-order valence-corrected chi connectivity index (χ3v) is 4.07. The molecule has 1 aromatic carbocycles. The Hall–Kier alpha value is -2.40. The average molecular weight is 309 g/mol. The van der Waals surface area contributed by atoms with Crippen molar-refractivity contribution in [3.05, 3.63) is 54.0 Å². The van der Waals surface area contributed by atoms with Crippen molar-refractivity contribution in [1.82, 2.24) is 9.97 Å². The second kappa shape index (κ2) is 6.38. The van der Waals surface area contributed by atoms with Crippen molar-refractivity contribution in [2.24, 2.45) is 0 Å². The van der Waals surface area contributed by atoms with Gasteiger partial charge in [-0.3, -0.25) is 0 Å². The maximum atomic E-state index is 5.83. The molecular formula is C18H19N3O2. The van der Waals surface area contributed by atoms with Crippen LogP contribution in [-0.4, -0.2) is 29.2 Å². The molecule has 1 aliphatic heterocycles. The first-order valence-electron chi connectivity index (χ1n) is 8.01. The first-order valence-corrected chi connectivity index (χ1v) is 8.01. The first-order chi connectivity index (χ1) is 11.4. The maximum Gasteiger partial charge on any atom is 0.222 e. The molecule has 5 heteroatoms. The van der Waals surface area contributed by atoms with Gasteiger partial charge in [0.1, 0.15) is 11.3 Å². The molecular weight excluding hydrogens is 290 g/mol. The fraction of sp³-hybridized carbons (Fsp3) is 0.333. The number of aromatic nitrogens is 2. The Kier molecular flexibility index (Phi) is 3.94. The molecule has 5 nitrogen and oxygen atoms in total. The molecule has 0 spiro atoms. The summed E-state index contributed by atoms with van der Waals surface area (Å²) < 4.78 is 11.4. The van der Waals surface area contributed by atoms with Gasteiger partial charge in [-0.05, 0) is 30.5 Å². The van der Waals surface area contributed by atoms with Gasteiger partial charge in [0.2, 0.25) is 5.95 Å². The number of hydrogen-bond donors (Lipinski definition) is 1. The highest BCUT2D eigenvalue weighted by molar-refractivity contribution is 5.77. The van der Waals surface area contributed by atoms with Crippen molar-refractivity contribution in [3.8, 4) is 0 Å². The molecule has 3 aromatic rings. The number of rotatable bonds is 5. The zero-order valence-electron chi connectivity index (χ0n) is 12.9. The third kappa shape index (κ3) is 3.35. The van der Waals surface area contributed by atoms with Crippen LogP contribution in [0.1, 0.15) is 24.2 Å². The largest absolute Gasteiger partial charge is 0.461 e. The van der Waals surface area contributed by atoms with E-state index in [1.807, 2.05) is 30.6 Å². The highest BCUT2D eigenvalue weighted by Crippen LogP contribution is 2.21. The standard InChI is InChI=1S/C18H19N3O2/c1-2-6-17-14(4-1)9-16(23-17)8-13-10-19-18(20-11-13)21-12-15-5-3-7-22-15/h1-2,4,6,9-11,15H,3,5,7-8,12H2,(H,19,20,21). The molecule has 0 bridgehead atoms. The molecule has 1 saturated heterocycles. The van der Waals surface area contributed by atoms with E-state index in [0.717, 1.165) is 48.3 Å². The lowest BCUT2D eigenvalue weighted by Gasteiger charge is -2.10. The number of benzene rings is 1. The van der Waals surface area contributed by atoms with Crippen LogP contribution in [0.4, 0.5) is 5.95 Å². The molecule has 1 aliphatic rings. The van der Waals surface area contributed by atoms with Crippen LogP contribution in [0.25, 0.3) is 11.0 Å². The molecule has 0 aliphatic carbocycles. The van der Waals surface area contributed by atoms with Crippen LogP contribution in [0, 0.1) is 0 Å². The molecule has 1 unspecified atom stereocenters. The summed E-state index contributed by atoms with van der Waals surface area (Å²) in [6, 6.07) is 10.1. The molecule has 118 valence electrons. The first kappa shape index (κ1) is 14.2. The number of furan rings is 1. The van der Waals surface area contributed by atoms with Crippen LogP contribution < -0.4 is 5.32 Å². The van der Waals surface area contributed by atoms with Crippen molar-refractivity contribution in [1.29, 1.82) is 0 Å². The number of para-hydroxylation sites is 1. The van der Waals surface area contributed by atoms with E-state index in [9.17, 15) is 0 Å². The lowest BCUT2D eigenvalue weighted by Crippen LogP contribution is -2.19. The van der Waals surface area contributed by atoms with E-state index in [1.54, 1.807) is 0 Å². The van der Waals surface area contributed by atoms with Crippen LogP contribution in [0.2, 0.25) is 0 Å². The zero-order valence-corrected chi connectivity index (χ0v) is 12.9. The summed E-state index contributed by atoms with van der Waals surface area (Å²) in [7, 11) is 0. The SMILES string of the molecule is c1ccc2oc(Cc3cnc(NCC4CCCO4)nc3)cc2c1. The van der Waals surface area contributed by atoms with Crippen molar-refractivity contribution in [2.45, 2.75) is 25.4 Å². The van der Waals surface area contributed by atoms with Crippen LogP contribution in [0.3, 0.4) is 0 Å². The fourth-order valence-electron chi connectivity index (χ4n) is 2.87. The van der Waals surface area contributed by atoms with Crippen molar-refractivity contribution < 1.29 is 9.15 Å². The molecule has 0 amide bonds. The van der Waals surface area contributed by atoms with Crippen molar-refractivity contribution >= 4 is 16.9 Å². The Morgan fingerprint density at radius 3 is 2.83 bits per heavy atom. The summed E-state index contributed by atoms with van der Waals surface area (Å²) >= 11 is 0. The third-order valence-electron chi connectivity index (χ3n) is 4.07. The number of nitrogens with zero attached hydrogens (tertiary/aromatic N) is 2. The van der Waals surface area contributed by atoms with Gasteiger partial charge in [0, 0.05) is 37.4 Å². The van der Waals surface area contributed by atoms with Crippen LogP contribution in [-0.2, 0) is 11.2 Å². The Bertz CT molecular complexity index is 743. The number of ether oxygens (including phenoxy) is 1. The Labute approximate surface area is 134 Å². The van der Waals surface area contributed by atoms with Crippen molar-refractivity contribution in [3.63, 3.8) is 0 Å². The highest BCUT2D eigenvalue weighted by atomic mass is 16.5. The summed E-state index contributed by atoms with van der Waals surface area (Å²) in [6.07, 6.45) is 6.92. The van der Waals surface area contributed by atoms with Gasteiger partial charge in [-0.25, -0.2) is 9.97 Å². The minimum absolute atomic E-state index is 0.286. The predicted octanol–water partition coefficient (Wildman–Crippen LogP) is 3.40. The molecule has 23 heavy (non-hydrogen) atoms. The fourth-order valence-corrected chi connectivity index (χ4v) is 2.87. The normalized spacial score (nSPS) is 17.7. The van der Waals surface area contributed by atoms with E-state index in [0.29, 0.717) is 12.4 Å². The monoisotopic (exact) mass is 309 g/mol. The van der Waals surface area contributed by atoms with Gasteiger partial charge in [0.05, 0.1) is 6.10 Å². The topological polar surface area (TPSA) is 60.2 Å². The van der Waals surface area contributed by atoms with Gasteiger partial charge in [-0.1, -0.05) is 18.2 Å². The maximum absolute atomic E-state index is 5.83. The van der Waals surface area contributed by atoms with E-state index >= 15 is 0 Å². The molecule has 1 N–H and O–H groups in total. The number of fused-ring (bicyclic) bond motifs is 1. The minimum Gasteiger partial charge on any atom is -0.461 e. The van der Waals surface area contributed by atoms with Gasteiger partial charge >= 0.3 is 0 Å². The lowest BCUT2D eigenvalue weighted by atomic mass is 10.2. The van der Waals surface area contributed by atoms with Gasteiger partial charge in [0.25, 0.3) is 0 Å². The quantitative estimate of drug-likeness (QED) is 0.782. The number of hydrogen-bond acceptors (Lipinski definition) is 5. The number of anilines is 1. The Morgan fingerprint density at radius 1 is 1.17 bits per heavy atom. The summed E-state index contributed by atoms with van der Waals surface area (Å²) in [4.78, 5) is 8.74. The molecule has 0 radical (unpaired) electrons. The Morgan fingerprint density at radius 2 is 2.04 bits per heavy atom. The van der Waals surface area contributed by atoms with E-state index in [4.69, 9.17) is 9.15 Å². The minimum atomic E-state index is 0.286. The van der Waals surface area contributed by atoms with E-state index in [-0.39, 0.29) is 6.10 Å². The van der Waals surface area contributed by atoms with E-state index in [2.05, 4.69) is 27.4 Å². The van der Waals surface area contributed by atoms with Crippen LogP contribution in [0.5, 0.6) is 0 Å². The molecule has 4 rings (SSSR count). The Balaban J connectivity index is 1.39. The van der Waals surface area contributed by atoms with Crippen molar-refractivity contribution in [2.75, 3.05) is 18.5 Å². The number of nitrogens with one attached hydrogen (secondary N) is 1. The molecule has 0 saturated carbocycles. The second-order valence-electron chi connectivity index (χ2n) is 5.86. The van der Waals surface area contributed by atoms with Gasteiger partial charge < -0.3 is 14.5 Å². The van der Waals surface area contributed by atoms with Crippen LogP contribution >= 0.6 is 0 Å². The summed E-state index contributed by atoms with van der Waals surface area (Å²) in [6.45, 7) is 1.63. The van der Waals surface area contributed by atoms with E-state index in [1.165, 1.54) is 0 Å². The molecule has 1 fully saturated rings. The van der Waals surface area contributed by atoms with Gasteiger partial charge in [-0.15, -0.1) is 0 Å². The molecule has 1 atom stereocenters. The smallest absolute Gasteiger partial charge is 0.222 e. The average Bonchev–Trinajstić information content (AvgIpc) is 3.23. The highest BCUT2D eigenvalue weighted by Gasteiger charge is 2.15. The van der Waals surface area contributed by atoms with Crippen LogP contribution in [0.15, 0.2) is 47.1 Å². The molecule has 3 heterocycles. The summed E-state index contributed by atoms with van der Waals surface area (Å²) in [5, 5.41) is 4.35. The zero-order chi connectivity index (χ0) is 15.5. The van der Waals surface area contributed by atoms with Gasteiger partial charge in [-0.2, -0.15) is 0 Å². The van der Waals surface area contributed by atoms with E-state index < -0.39 is 0 Å².